The number of carbonyl (C=O) groups is 1. The summed E-state index contributed by atoms with van der Waals surface area (Å²) in [6.07, 6.45) is 4.78. The van der Waals surface area contributed by atoms with Crippen LogP contribution in [0.3, 0.4) is 0 Å². The molecule has 1 fully saturated rings. The van der Waals surface area contributed by atoms with E-state index < -0.39 is 0 Å². The second-order valence-corrected chi connectivity index (χ2v) is 8.37. The molecule has 0 bridgehead atoms. The Morgan fingerprint density at radius 3 is 2.48 bits per heavy atom. The molecule has 1 N–H and O–H groups in total. The van der Waals surface area contributed by atoms with Crippen molar-refractivity contribution in [2.24, 2.45) is 0 Å². The number of benzene rings is 2. The van der Waals surface area contributed by atoms with Crippen LogP contribution >= 0.6 is 11.6 Å². The number of nitrogens with zero attached hydrogens (tertiary/aromatic N) is 4. The number of rotatable bonds is 6. The molecule has 1 aliphatic rings. The van der Waals surface area contributed by atoms with Gasteiger partial charge in [-0.25, -0.2) is 4.79 Å². The monoisotopic (exact) mass is 437 g/mol. The molecule has 4 rings (SSSR count). The Morgan fingerprint density at radius 2 is 1.68 bits per heavy atom. The van der Waals surface area contributed by atoms with Crippen molar-refractivity contribution in [3.8, 4) is 0 Å². The minimum absolute atomic E-state index is 0.0100. The summed E-state index contributed by atoms with van der Waals surface area (Å²) in [7, 11) is 0. The van der Waals surface area contributed by atoms with Crippen molar-refractivity contribution < 1.29 is 4.79 Å². The maximum Gasteiger partial charge on any atom is 0.317 e. The van der Waals surface area contributed by atoms with Crippen LogP contribution in [0.5, 0.6) is 0 Å². The summed E-state index contributed by atoms with van der Waals surface area (Å²) < 4.78 is 1.90. The van der Waals surface area contributed by atoms with E-state index in [1.165, 1.54) is 11.1 Å². The van der Waals surface area contributed by atoms with Gasteiger partial charge in [-0.05, 0) is 29.7 Å². The van der Waals surface area contributed by atoms with Gasteiger partial charge in [0.1, 0.15) is 0 Å². The average Bonchev–Trinajstić information content (AvgIpc) is 3.10. The third-order valence-electron chi connectivity index (χ3n) is 5.51. The van der Waals surface area contributed by atoms with Gasteiger partial charge in [0.05, 0.1) is 12.7 Å². The van der Waals surface area contributed by atoms with Crippen molar-refractivity contribution in [1.82, 2.24) is 24.9 Å². The second kappa shape index (κ2) is 10.5. The Kier molecular flexibility index (Phi) is 7.22. The van der Waals surface area contributed by atoms with Crippen LogP contribution in [0.1, 0.15) is 23.1 Å². The summed E-state index contributed by atoms with van der Waals surface area (Å²) >= 11 is 5.98. The summed E-state index contributed by atoms with van der Waals surface area (Å²) in [4.78, 5) is 17.0. The van der Waals surface area contributed by atoms with Crippen molar-refractivity contribution in [3.05, 3.63) is 88.7 Å². The first kappa shape index (κ1) is 21.4. The van der Waals surface area contributed by atoms with Gasteiger partial charge >= 0.3 is 6.03 Å². The quantitative estimate of drug-likeness (QED) is 0.634. The van der Waals surface area contributed by atoms with Crippen molar-refractivity contribution in [3.63, 3.8) is 0 Å². The van der Waals surface area contributed by atoms with Gasteiger partial charge in [0.2, 0.25) is 0 Å². The third kappa shape index (κ3) is 6.32. The van der Waals surface area contributed by atoms with Gasteiger partial charge in [0.25, 0.3) is 0 Å². The fourth-order valence-corrected chi connectivity index (χ4v) is 3.95. The van der Waals surface area contributed by atoms with E-state index >= 15 is 0 Å². The predicted octanol–water partition coefficient (Wildman–Crippen LogP) is 4.00. The molecule has 1 aromatic heterocycles. The summed E-state index contributed by atoms with van der Waals surface area (Å²) in [5.74, 6) is 0. The van der Waals surface area contributed by atoms with Crippen LogP contribution in [0.2, 0.25) is 5.02 Å². The topological polar surface area (TPSA) is 53.4 Å². The molecular formula is C24H28ClN5O. The lowest BCUT2D eigenvalue weighted by atomic mass is 10.2. The third-order valence-corrected chi connectivity index (χ3v) is 5.76. The van der Waals surface area contributed by atoms with E-state index in [0.717, 1.165) is 56.3 Å². The number of amides is 2. The first-order valence-corrected chi connectivity index (χ1v) is 11.1. The van der Waals surface area contributed by atoms with E-state index in [1.807, 2.05) is 52.3 Å². The van der Waals surface area contributed by atoms with E-state index in [2.05, 4.69) is 39.6 Å². The van der Waals surface area contributed by atoms with Gasteiger partial charge in [0, 0.05) is 56.1 Å². The van der Waals surface area contributed by atoms with E-state index in [-0.39, 0.29) is 6.03 Å². The second-order valence-electron chi connectivity index (χ2n) is 7.93. The fraction of sp³-hybridized carbons (Fsp3) is 0.333. The molecule has 1 aliphatic heterocycles. The normalized spacial score (nSPS) is 14.9. The number of carbonyl (C=O) groups excluding carboxylic acids is 1. The SMILES string of the molecule is O=C(NCc1cnn(Cc2ccccc2)c1)N1CCCN(Cc2ccc(Cl)cc2)CC1. The molecule has 1 saturated heterocycles. The smallest absolute Gasteiger partial charge is 0.317 e. The fourth-order valence-electron chi connectivity index (χ4n) is 3.82. The molecule has 0 spiro atoms. The number of aromatic nitrogens is 2. The van der Waals surface area contributed by atoms with Crippen LogP contribution in [0.25, 0.3) is 0 Å². The van der Waals surface area contributed by atoms with Crippen LogP contribution < -0.4 is 5.32 Å². The molecule has 0 saturated carbocycles. The zero-order valence-corrected chi connectivity index (χ0v) is 18.3. The molecule has 31 heavy (non-hydrogen) atoms. The molecule has 0 atom stereocenters. The van der Waals surface area contributed by atoms with Crippen LogP contribution in [0, 0.1) is 0 Å². The lowest BCUT2D eigenvalue weighted by Gasteiger charge is -2.22. The molecule has 162 valence electrons. The first-order valence-electron chi connectivity index (χ1n) is 10.7. The van der Waals surface area contributed by atoms with E-state index in [1.54, 1.807) is 0 Å². The molecule has 3 aromatic rings. The van der Waals surface area contributed by atoms with Crippen LogP contribution in [-0.4, -0.2) is 51.8 Å². The molecule has 2 aromatic carbocycles. The minimum Gasteiger partial charge on any atom is -0.334 e. The Bertz CT molecular complexity index is 973. The summed E-state index contributed by atoms with van der Waals surface area (Å²) in [6.45, 7) is 5.45. The Labute approximate surface area is 188 Å². The number of hydrogen-bond acceptors (Lipinski definition) is 3. The van der Waals surface area contributed by atoms with Crippen molar-refractivity contribution in [2.75, 3.05) is 26.2 Å². The van der Waals surface area contributed by atoms with Gasteiger partial charge in [-0.15, -0.1) is 0 Å². The zero-order valence-electron chi connectivity index (χ0n) is 17.6. The lowest BCUT2D eigenvalue weighted by Crippen LogP contribution is -2.41. The Balaban J connectivity index is 1.23. The molecule has 2 heterocycles. The maximum atomic E-state index is 12.7. The standard InChI is InChI=1S/C24H28ClN5O/c25-23-9-7-21(8-10-23)17-28-11-4-12-29(14-13-28)24(31)26-15-22-16-27-30(19-22)18-20-5-2-1-3-6-20/h1-3,5-10,16,19H,4,11-15,17-18H2,(H,26,31). The van der Waals surface area contributed by atoms with Crippen LogP contribution in [0.4, 0.5) is 4.79 Å². The average molecular weight is 438 g/mol. The van der Waals surface area contributed by atoms with Crippen molar-refractivity contribution in [1.29, 1.82) is 0 Å². The van der Waals surface area contributed by atoms with Crippen molar-refractivity contribution >= 4 is 17.6 Å². The van der Waals surface area contributed by atoms with Crippen molar-refractivity contribution in [2.45, 2.75) is 26.1 Å². The maximum absolute atomic E-state index is 12.7. The number of halogens is 1. The van der Waals surface area contributed by atoms with Gasteiger partial charge in [-0.1, -0.05) is 54.1 Å². The molecule has 0 unspecified atom stereocenters. The largest absolute Gasteiger partial charge is 0.334 e. The van der Waals surface area contributed by atoms with Gasteiger partial charge in [-0.3, -0.25) is 9.58 Å². The Morgan fingerprint density at radius 1 is 0.903 bits per heavy atom. The summed E-state index contributed by atoms with van der Waals surface area (Å²) in [6, 6.07) is 18.2. The molecule has 6 nitrogen and oxygen atoms in total. The van der Waals surface area contributed by atoms with Gasteiger partial charge in [-0.2, -0.15) is 5.10 Å². The van der Waals surface area contributed by atoms with E-state index in [9.17, 15) is 4.79 Å². The number of hydrogen-bond donors (Lipinski definition) is 1. The van der Waals surface area contributed by atoms with Crippen LogP contribution in [-0.2, 0) is 19.6 Å². The minimum atomic E-state index is -0.0100. The highest BCUT2D eigenvalue weighted by atomic mass is 35.5. The highest BCUT2D eigenvalue weighted by Crippen LogP contribution is 2.13. The molecule has 7 heteroatoms. The highest BCUT2D eigenvalue weighted by molar-refractivity contribution is 6.30. The highest BCUT2D eigenvalue weighted by Gasteiger charge is 2.19. The van der Waals surface area contributed by atoms with E-state index in [4.69, 9.17) is 11.6 Å². The number of nitrogens with one attached hydrogen (secondary N) is 1. The molecule has 0 aliphatic carbocycles. The van der Waals surface area contributed by atoms with E-state index in [0.29, 0.717) is 6.54 Å². The summed E-state index contributed by atoms with van der Waals surface area (Å²) in [5, 5.41) is 8.21. The first-order chi connectivity index (χ1) is 15.2. The van der Waals surface area contributed by atoms with Crippen LogP contribution in [0.15, 0.2) is 67.0 Å². The lowest BCUT2D eigenvalue weighted by molar-refractivity contribution is 0.197. The zero-order chi connectivity index (χ0) is 21.5. The molecule has 0 radical (unpaired) electrons. The van der Waals surface area contributed by atoms with Gasteiger partial charge in [0.15, 0.2) is 0 Å². The number of urea groups is 1. The molecular weight excluding hydrogens is 410 g/mol. The predicted molar refractivity (Wildman–Crippen MR) is 123 cm³/mol. The Hall–Kier alpha value is -2.83. The van der Waals surface area contributed by atoms with Gasteiger partial charge < -0.3 is 10.2 Å². The summed E-state index contributed by atoms with van der Waals surface area (Å²) in [5.41, 5.74) is 3.45. The molecule has 2 amide bonds.